The maximum atomic E-state index is 9.22. The second kappa shape index (κ2) is 1.99. The molecule has 0 spiro atoms. The molecule has 2 aliphatic rings. The van der Waals surface area contributed by atoms with Crippen molar-refractivity contribution in [3.63, 3.8) is 0 Å². The molecule has 1 N–H and O–H groups in total. The summed E-state index contributed by atoms with van der Waals surface area (Å²) in [5.74, 6) is 0. The molecule has 0 saturated heterocycles. The molecule has 11 heavy (non-hydrogen) atoms. The molecule has 3 heteroatoms. The Balaban J connectivity index is 2.77. The molecule has 0 aromatic heterocycles. The van der Waals surface area contributed by atoms with E-state index in [4.69, 9.17) is 0 Å². The first-order valence-electron chi connectivity index (χ1n) is 3.40. The number of hydrogen-bond donors (Lipinski definition) is 1. The lowest BCUT2D eigenvalue weighted by molar-refractivity contribution is 0.178. The second-order valence-corrected chi connectivity index (χ2v) is 2.54. The summed E-state index contributed by atoms with van der Waals surface area (Å²) in [6.07, 6.45) is 3.38. The van der Waals surface area contributed by atoms with Crippen molar-refractivity contribution in [1.29, 1.82) is 0 Å². The van der Waals surface area contributed by atoms with E-state index in [0.29, 0.717) is 0 Å². The largest absolute Gasteiger partial charge is 0.429 e. The zero-order valence-corrected chi connectivity index (χ0v) is 6.15. The van der Waals surface area contributed by atoms with Gasteiger partial charge in [0.25, 0.3) is 0 Å². The fraction of sp³-hybridized carbons (Fsp3) is 0.125. The van der Waals surface area contributed by atoms with Gasteiger partial charge in [-0.1, -0.05) is 0 Å². The molecule has 0 fully saturated rings. The average Bonchev–Trinajstić information content (AvgIpc) is 2.36. The maximum Gasteiger partial charge on any atom is 0.0737 e. The Hall–Kier alpha value is -1.51. The van der Waals surface area contributed by atoms with E-state index in [-0.39, 0.29) is 0 Å². The summed E-state index contributed by atoms with van der Waals surface area (Å²) in [4.78, 5) is 4.10. The summed E-state index contributed by atoms with van der Waals surface area (Å²) in [5, 5.41) is 9.22. The molecule has 0 saturated carbocycles. The fourth-order valence-electron chi connectivity index (χ4n) is 1.09. The highest BCUT2D eigenvalue weighted by atomic mass is 16.5. The first kappa shape index (κ1) is 6.22. The van der Waals surface area contributed by atoms with E-state index in [1.54, 1.807) is 12.4 Å². The fourth-order valence-corrected chi connectivity index (χ4v) is 1.09. The van der Waals surface area contributed by atoms with Crippen LogP contribution in [0.1, 0.15) is 5.69 Å². The van der Waals surface area contributed by atoms with Crippen LogP contribution < -0.4 is 0 Å². The van der Waals surface area contributed by atoms with Crippen molar-refractivity contribution in [3.05, 3.63) is 30.2 Å². The van der Waals surface area contributed by atoms with Crippen molar-refractivity contribution in [2.24, 2.45) is 0 Å². The third kappa shape index (κ3) is 0.852. The highest BCUT2D eigenvalue weighted by Crippen LogP contribution is 2.19. The minimum Gasteiger partial charge on any atom is -0.429 e. The normalized spacial score (nSPS) is 10.6. The van der Waals surface area contributed by atoms with Gasteiger partial charge in [-0.15, -0.1) is 0 Å². The van der Waals surface area contributed by atoms with Gasteiger partial charge in [0.2, 0.25) is 0 Å². The van der Waals surface area contributed by atoms with Crippen LogP contribution in [0, 0.1) is 6.92 Å². The molecule has 0 amide bonds. The molecular weight excluding hydrogens is 140 g/mol. The summed E-state index contributed by atoms with van der Waals surface area (Å²) in [6, 6.07) is 3.71. The van der Waals surface area contributed by atoms with E-state index < -0.39 is 0 Å². The maximum absolute atomic E-state index is 9.22. The van der Waals surface area contributed by atoms with E-state index in [1.807, 2.05) is 19.1 Å². The third-order valence-electron chi connectivity index (χ3n) is 1.73. The highest BCUT2D eigenvalue weighted by molar-refractivity contribution is 5.60. The number of hydrogen-bond acceptors (Lipinski definition) is 2. The van der Waals surface area contributed by atoms with E-state index in [1.165, 1.54) is 0 Å². The molecule has 2 rings (SSSR count). The second-order valence-electron chi connectivity index (χ2n) is 2.54. The topological polar surface area (TPSA) is 38.0 Å². The molecule has 0 atom stereocenters. The molecule has 0 aliphatic carbocycles. The van der Waals surface area contributed by atoms with Crippen molar-refractivity contribution in [1.82, 2.24) is 9.71 Å². The zero-order chi connectivity index (χ0) is 7.84. The molecule has 0 radical (unpaired) electrons. The van der Waals surface area contributed by atoms with Gasteiger partial charge in [0, 0.05) is 11.8 Å². The first-order valence-corrected chi connectivity index (χ1v) is 3.40. The Labute approximate surface area is 64.2 Å². The van der Waals surface area contributed by atoms with Crippen LogP contribution in [0.2, 0.25) is 0 Å². The Kier molecular flexibility index (Phi) is 1.12. The highest BCUT2D eigenvalue weighted by Gasteiger charge is 2.04. The van der Waals surface area contributed by atoms with Gasteiger partial charge in [-0.2, -0.15) is 4.73 Å². The van der Waals surface area contributed by atoms with Gasteiger partial charge in [0.1, 0.15) is 0 Å². The number of aryl methyl sites for hydroxylation is 1. The first-order chi connectivity index (χ1) is 5.27. The van der Waals surface area contributed by atoms with E-state index in [0.717, 1.165) is 21.7 Å². The van der Waals surface area contributed by atoms with Crippen molar-refractivity contribution in [2.75, 3.05) is 0 Å². The Morgan fingerprint density at radius 1 is 1.55 bits per heavy atom. The minimum absolute atomic E-state index is 0.788. The number of nitrogens with zero attached hydrogens (tertiary/aromatic N) is 2. The van der Waals surface area contributed by atoms with E-state index >= 15 is 0 Å². The van der Waals surface area contributed by atoms with Gasteiger partial charge in [-0.3, -0.25) is 4.98 Å². The van der Waals surface area contributed by atoms with Crippen LogP contribution in [-0.4, -0.2) is 14.9 Å². The SMILES string of the molecule is Cc1cc2nccc-2cn1O. The molecule has 0 bridgehead atoms. The van der Waals surface area contributed by atoms with Gasteiger partial charge in [0.05, 0.1) is 17.6 Å². The molecule has 0 aromatic rings. The van der Waals surface area contributed by atoms with Gasteiger partial charge >= 0.3 is 0 Å². The standard InChI is InChI=1S/C8H8N2O/c1-6-4-8-7(2-3-9-8)5-10(6)11/h2-5,11H,1H3. The van der Waals surface area contributed by atoms with Crippen LogP contribution in [0.15, 0.2) is 24.5 Å². The monoisotopic (exact) mass is 148 g/mol. The summed E-state index contributed by atoms with van der Waals surface area (Å²) in [5.41, 5.74) is 2.67. The van der Waals surface area contributed by atoms with Crippen molar-refractivity contribution in [3.8, 4) is 11.3 Å². The van der Waals surface area contributed by atoms with Crippen LogP contribution in [0.5, 0.6) is 0 Å². The van der Waals surface area contributed by atoms with Crippen LogP contribution in [0.4, 0.5) is 0 Å². The molecular formula is C8H8N2O. The van der Waals surface area contributed by atoms with E-state index in [9.17, 15) is 5.21 Å². The number of pyridine rings is 1. The number of aromatic nitrogens is 2. The summed E-state index contributed by atoms with van der Waals surface area (Å²) >= 11 is 0. The zero-order valence-electron chi connectivity index (χ0n) is 6.15. The smallest absolute Gasteiger partial charge is 0.0737 e. The van der Waals surface area contributed by atoms with Crippen molar-refractivity contribution >= 4 is 0 Å². The lowest BCUT2D eigenvalue weighted by Crippen LogP contribution is -1.97. The van der Waals surface area contributed by atoms with Gasteiger partial charge in [0.15, 0.2) is 0 Å². The third-order valence-corrected chi connectivity index (χ3v) is 1.73. The lowest BCUT2D eigenvalue weighted by atomic mass is 10.2. The minimum atomic E-state index is 0.788. The van der Waals surface area contributed by atoms with Crippen LogP contribution in [0.3, 0.4) is 0 Å². The molecule has 0 aromatic carbocycles. The summed E-state index contributed by atoms with van der Waals surface area (Å²) < 4.78 is 1.10. The molecule has 56 valence electrons. The number of fused-ring (bicyclic) bond motifs is 1. The van der Waals surface area contributed by atoms with Crippen LogP contribution in [-0.2, 0) is 0 Å². The predicted octanol–water partition coefficient (Wildman–Crippen LogP) is 1.53. The molecule has 2 aliphatic heterocycles. The van der Waals surface area contributed by atoms with Gasteiger partial charge < -0.3 is 5.21 Å². The van der Waals surface area contributed by atoms with Gasteiger partial charge in [-0.25, -0.2) is 0 Å². The molecule has 2 heterocycles. The average molecular weight is 148 g/mol. The number of rotatable bonds is 0. The van der Waals surface area contributed by atoms with Crippen LogP contribution >= 0.6 is 0 Å². The molecule has 3 nitrogen and oxygen atoms in total. The van der Waals surface area contributed by atoms with E-state index in [2.05, 4.69) is 4.98 Å². The van der Waals surface area contributed by atoms with Crippen molar-refractivity contribution < 1.29 is 5.21 Å². The van der Waals surface area contributed by atoms with Crippen molar-refractivity contribution in [2.45, 2.75) is 6.92 Å². The Bertz CT molecular complexity index is 320. The summed E-state index contributed by atoms with van der Waals surface area (Å²) in [7, 11) is 0. The summed E-state index contributed by atoms with van der Waals surface area (Å²) in [6.45, 7) is 1.83. The van der Waals surface area contributed by atoms with Gasteiger partial charge in [-0.05, 0) is 19.1 Å². The predicted molar refractivity (Wildman–Crippen MR) is 40.8 cm³/mol. The Morgan fingerprint density at radius 3 is 3.18 bits per heavy atom. The lowest BCUT2D eigenvalue weighted by Gasteiger charge is -2.04. The van der Waals surface area contributed by atoms with Crippen LogP contribution in [0.25, 0.3) is 11.3 Å². The quantitative estimate of drug-likeness (QED) is 0.575. The Morgan fingerprint density at radius 2 is 2.36 bits per heavy atom. The molecule has 0 unspecified atom stereocenters.